The summed E-state index contributed by atoms with van der Waals surface area (Å²) in [6.07, 6.45) is 0.482. The molecule has 0 aromatic heterocycles. The molecule has 0 fully saturated rings. The first-order chi connectivity index (χ1) is 12.2. The van der Waals surface area contributed by atoms with Crippen molar-refractivity contribution in [2.75, 3.05) is 11.1 Å². The molecular formula is C19H21NO5S. The Labute approximate surface area is 153 Å². The van der Waals surface area contributed by atoms with Crippen molar-refractivity contribution in [1.29, 1.82) is 0 Å². The third kappa shape index (κ3) is 3.67. The van der Waals surface area contributed by atoms with Crippen LogP contribution in [-0.4, -0.2) is 25.9 Å². The third-order valence-corrected chi connectivity index (χ3v) is 5.82. The van der Waals surface area contributed by atoms with Crippen molar-refractivity contribution in [3.8, 4) is 11.5 Å². The summed E-state index contributed by atoms with van der Waals surface area (Å²) in [5.41, 5.74) is 0.622. The minimum Gasteiger partial charge on any atom is -0.449 e. The topological polar surface area (TPSA) is 81.7 Å². The maximum atomic E-state index is 12.7. The predicted octanol–water partition coefficient (Wildman–Crippen LogP) is 3.63. The summed E-state index contributed by atoms with van der Waals surface area (Å²) in [4.78, 5) is 12.7. The van der Waals surface area contributed by atoms with Crippen molar-refractivity contribution in [3.05, 3.63) is 48.0 Å². The lowest BCUT2D eigenvalue weighted by Gasteiger charge is -2.16. The van der Waals surface area contributed by atoms with Gasteiger partial charge in [-0.2, -0.15) is 0 Å². The Morgan fingerprint density at radius 1 is 1.08 bits per heavy atom. The molecule has 0 aliphatic carbocycles. The van der Waals surface area contributed by atoms with Gasteiger partial charge in [0.25, 0.3) is 5.91 Å². The maximum Gasteiger partial charge on any atom is 0.256 e. The highest BCUT2D eigenvalue weighted by atomic mass is 32.2. The van der Waals surface area contributed by atoms with Crippen LogP contribution < -0.4 is 14.8 Å². The molecule has 0 saturated carbocycles. The van der Waals surface area contributed by atoms with Crippen LogP contribution in [0.2, 0.25) is 0 Å². The van der Waals surface area contributed by atoms with Gasteiger partial charge in [0.1, 0.15) is 0 Å². The van der Waals surface area contributed by atoms with Crippen LogP contribution in [0, 0.1) is 0 Å². The molecule has 1 amide bonds. The Morgan fingerprint density at radius 2 is 1.77 bits per heavy atom. The Kier molecular flexibility index (Phi) is 4.66. The normalized spacial score (nSPS) is 14.9. The molecule has 2 aromatic carbocycles. The SMILES string of the molecule is CCCS(=O)(=O)c1ccccc1C(=O)Nc1ccc2c(c1)OC(C)(C)O2. The lowest BCUT2D eigenvalue weighted by Crippen LogP contribution is -2.29. The first-order valence-corrected chi connectivity index (χ1v) is 10.0. The molecule has 2 aromatic rings. The quantitative estimate of drug-likeness (QED) is 0.863. The van der Waals surface area contributed by atoms with E-state index in [0.717, 1.165) is 0 Å². The Bertz CT molecular complexity index is 950. The highest BCUT2D eigenvalue weighted by Gasteiger charge is 2.31. The second kappa shape index (κ2) is 6.64. The number of amides is 1. The zero-order valence-electron chi connectivity index (χ0n) is 14.9. The van der Waals surface area contributed by atoms with Crippen LogP contribution in [-0.2, 0) is 9.84 Å². The summed E-state index contributed by atoms with van der Waals surface area (Å²) < 4.78 is 36.1. The van der Waals surface area contributed by atoms with Gasteiger partial charge in [0.15, 0.2) is 21.3 Å². The van der Waals surface area contributed by atoms with Crippen molar-refractivity contribution in [2.24, 2.45) is 0 Å². The van der Waals surface area contributed by atoms with E-state index in [2.05, 4.69) is 5.32 Å². The molecule has 1 N–H and O–H groups in total. The van der Waals surface area contributed by atoms with Crippen molar-refractivity contribution >= 4 is 21.4 Å². The minimum absolute atomic E-state index is 0.00357. The smallest absolute Gasteiger partial charge is 0.256 e. The van der Waals surface area contributed by atoms with E-state index in [1.165, 1.54) is 12.1 Å². The number of hydrogen-bond acceptors (Lipinski definition) is 5. The van der Waals surface area contributed by atoms with Crippen LogP contribution in [0.3, 0.4) is 0 Å². The second-order valence-electron chi connectivity index (χ2n) is 6.53. The number of anilines is 1. The Morgan fingerprint density at radius 3 is 2.50 bits per heavy atom. The molecule has 0 atom stereocenters. The molecule has 0 bridgehead atoms. The summed E-state index contributed by atoms with van der Waals surface area (Å²) in [6, 6.07) is 11.3. The highest BCUT2D eigenvalue weighted by Crippen LogP contribution is 2.40. The van der Waals surface area contributed by atoms with Crippen LogP contribution in [0.25, 0.3) is 0 Å². The highest BCUT2D eigenvalue weighted by molar-refractivity contribution is 7.91. The van der Waals surface area contributed by atoms with Gasteiger partial charge in [-0.3, -0.25) is 4.79 Å². The maximum absolute atomic E-state index is 12.7. The molecule has 7 heteroatoms. The monoisotopic (exact) mass is 375 g/mol. The van der Waals surface area contributed by atoms with Crippen molar-refractivity contribution in [2.45, 2.75) is 37.9 Å². The van der Waals surface area contributed by atoms with Crippen LogP contribution >= 0.6 is 0 Å². The number of carbonyl (C=O) groups is 1. The predicted molar refractivity (Wildman–Crippen MR) is 98.5 cm³/mol. The van der Waals surface area contributed by atoms with Crippen molar-refractivity contribution in [3.63, 3.8) is 0 Å². The lowest BCUT2D eigenvalue weighted by molar-refractivity contribution is -0.0431. The van der Waals surface area contributed by atoms with Crippen LogP contribution in [0.5, 0.6) is 11.5 Å². The molecule has 138 valence electrons. The molecule has 0 saturated heterocycles. The number of benzene rings is 2. The van der Waals surface area contributed by atoms with Crippen molar-refractivity contribution in [1.82, 2.24) is 0 Å². The van der Waals surface area contributed by atoms with Gasteiger partial charge < -0.3 is 14.8 Å². The van der Waals surface area contributed by atoms with E-state index < -0.39 is 21.5 Å². The largest absolute Gasteiger partial charge is 0.449 e. The number of fused-ring (bicyclic) bond motifs is 1. The third-order valence-electron chi connectivity index (χ3n) is 3.85. The molecule has 0 unspecified atom stereocenters. The van der Waals surface area contributed by atoms with Crippen LogP contribution in [0.4, 0.5) is 5.69 Å². The molecule has 0 radical (unpaired) electrons. The summed E-state index contributed by atoms with van der Waals surface area (Å²) in [7, 11) is -3.51. The van der Waals surface area contributed by atoms with Gasteiger partial charge in [-0.25, -0.2) is 8.42 Å². The molecule has 1 aliphatic rings. The van der Waals surface area contributed by atoms with E-state index in [0.29, 0.717) is 23.6 Å². The summed E-state index contributed by atoms with van der Waals surface area (Å²) in [6.45, 7) is 5.37. The van der Waals surface area contributed by atoms with Crippen LogP contribution in [0.1, 0.15) is 37.6 Å². The fourth-order valence-electron chi connectivity index (χ4n) is 2.80. The number of carbonyl (C=O) groups excluding carboxylic acids is 1. The second-order valence-corrected chi connectivity index (χ2v) is 8.61. The molecular weight excluding hydrogens is 354 g/mol. The zero-order chi connectivity index (χ0) is 18.9. The first-order valence-electron chi connectivity index (χ1n) is 8.37. The van der Waals surface area contributed by atoms with E-state index in [1.54, 1.807) is 51.1 Å². The number of sulfone groups is 1. The first kappa shape index (κ1) is 18.3. The van der Waals surface area contributed by atoms with Gasteiger partial charge in [0, 0.05) is 25.6 Å². The fraction of sp³-hybridized carbons (Fsp3) is 0.316. The summed E-state index contributed by atoms with van der Waals surface area (Å²) in [5.74, 6) is -0.126. The van der Waals surface area contributed by atoms with Gasteiger partial charge in [0.2, 0.25) is 5.79 Å². The standard InChI is InChI=1S/C19H21NO5S/c1-4-11-26(22,23)17-8-6-5-7-14(17)18(21)20-13-9-10-15-16(12-13)25-19(2,3)24-15/h5-10,12H,4,11H2,1-3H3,(H,20,21). The Hall–Kier alpha value is -2.54. The average molecular weight is 375 g/mol. The average Bonchev–Trinajstić information content (AvgIpc) is 2.88. The number of nitrogens with one attached hydrogen (secondary N) is 1. The van der Waals surface area contributed by atoms with Gasteiger partial charge in [-0.05, 0) is 30.7 Å². The summed E-state index contributed by atoms with van der Waals surface area (Å²) in [5, 5.41) is 2.73. The lowest BCUT2D eigenvalue weighted by atomic mass is 10.2. The zero-order valence-corrected chi connectivity index (χ0v) is 15.7. The van der Waals surface area contributed by atoms with E-state index in [4.69, 9.17) is 9.47 Å². The van der Waals surface area contributed by atoms with Crippen molar-refractivity contribution < 1.29 is 22.7 Å². The van der Waals surface area contributed by atoms with E-state index in [1.807, 2.05) is 0 Å². The molecule has 1 heterocycles. The molecule has 0 spiro atoms. The van der Waals surface area contributed by atoms with E-state index in [-0.39, 0.29) is 16.2 Å². The summed E-state index contributed by atoms with van der Waals surface area (Å²) >= 11 is 0. The molecule has 3 rings (SSSR count). The van der Waals surface area contributed by atoms with Gasteiger partial charge in [-0.15, -0.1) is 0 Å². The molecule has 26 heavy (non-hydrogen) atoms. The van der Waals surface area contributed by atoms with E-state index in [9.17, 15) is 13.2 Å². The molecule has 1 aliphatic heterocycles. The van der Waals surface area contributed by atoms with Gasteiger partial charge >= 0.3 is 0 Å². The van der Waals surface area contributed by atoms with Crippen LogP contribution in [0.15, 0.2) is 47.4 Å². The minimum atomic E-state index is -3.51. The number of ether oxygens (including phenoxy) is 2. The Balaban J connectivity index is 1.87. The van der Waals surface area contributed by atoms with Gasteiger partial charge in [0.05, 0.1) is 16.2 Å². The fourth-order valence-corrected chi connectivity index (χ4v) is 4.34. The van der Waals surface area contributed by atoms with E-state index >= 15 is 0 Å². The number of rotatable bonds is 5. The van der Waals surface area contributed by atoms with Gasteiger partial charge in [-0.1, -0.05) is 19.1 Å². The molecule has 6 nitrogen and oxygen atoms in total. The number of hydrogen-bond donors (Lipinski definition) is 1.